The zero-order chi connectivity index (χ0) is 13.9. The van der Waals surface area contributed by atoms with Gasteiger partial charge in [0.15, 0.2) is 0 Å². The van der Waals surface area contributed by atoms with Gasteiger partial charge in [0.2, 0.25) is 10.0 Å². The van der Waals surface area contributed by atoms with Crippen molar-refractivity contribution in [3.8, 4) is 0 Å². The minimum atomic E-state index is -3.62. The zero-order valence-electron chi connectivity index (χ0n) is 10.4. The number of primary sulfonamides is 1. The molecule has 0 saturated heterocycles. The summed E-state index contributed by atoms with van der Waals surface area (Å²) < 4.78 is 22.2. The fourth-order valence-electron chi connectivity index (χ4n) is 1.60. The summed E-state index contributed by atoms with van der Waals surface area (Å²) >= 11 is 1.63. The van der Waals surface area contributed by atoms with Crippen LogP contribution in [0.25, 0.3) is 0 Å². The number of hydrogen-bond acceptors (Lipinski definition) is 5. The third kappa shape index (κ3) is 3.76. The van der Waals surface area contributed by atoms with E-state index in [1.54, 1.807) is 29.7 Å². The summed E-state index contributed by atoms with van der Waals surface area (Å²) in [6.45, 7) is 2.83. The number of nitrogens with two attached hydrogens (primary N) is 1. The molecule has 0 bridgehead atoms. The fraction of sp³-hybridized carbons (Fsp3) is 0.250. The van der Waals surface area contributed by atoms with Crippen LogP contribution in [0.5, 0.6) is 0 Å². The molecule has 2 aromatic rings. The van der Waals surface area contributed by atoms with Gasteiger partial charge >= 0.3 is 0 Å². The van der Waals surface area contributed by atoms with Crippen molar-refractivity contribution in [3.63, 3.8) is 0 Å². The van der Waals surface area contributed by atoms with Crippen LogP contribution < -0.4 is 10.5 Å². The average Bonchev–Trinajstić information content (AvgIpc) is 2.89. The van der Waals surface area contributed by atoms with Crippen LogP contribution >= 0.6 is 11.3 Å². The van der Waals surface area contributed by atoms with E-state index in [-0.39, 0.29) is 4.90 Å². The lowest BCUT2D eigenvalue weighted by Gasteiger charge is -2.11. The lowest BCUT2D eigenvalue weighted by molar-refractivity contribution is 0.598. The molecule has 102 valence electrons. The van der Waals surface area contributed by atoms with Gasteiger partial charge in [0.1, 0.15) is 0 Å². The van der Waals surface area contributed by atoms with Gasteiger partial charge < -0.3 is 5.32 Å². The third-order valence-corrected chi connectivity index (χ3v) is 4.60. The molecule has 0 aliphatic rings. The van der Waals surface area contributed by atoms with E-state index >= 15 is 0 Å². The second-order valence-corrected chi connectivity index (χ2v) is 6.71. The van der Waals surface area contributed by atoms with Crippen LogP contribution in [0.1, 0.15) is 17.8 Å². The first-order valence-corrected chi connectivity index (χ1v) is 8.15. The summed E-state index contributed by atoms with van der Waals surface area (Å²) in [6.07, 6.45) is 1.79. The maximum Gasteiger partial charge on any atom is 0.238 e. The first kappa shape index (κ1) is 14.0. The van der Waals surface area contributed by atoms with Crippen molar-refractivity contribution in [3.05, 3.63) is 40.8 Å². The minimum absolute atomic E-state index is 0.117. The summed E-state index contributed by atoms with van der Waals surface area (Å²) in [6, 6.07) is 6.39. The van der Waals surface area contributed by atoms with Crippen molar-refractivity contribution >= 4 is 27.0 Å². The number of benzene rings is 1. The molecule has 0 radical (unpaired) electrons. The maximum absolute atomic E-state index is 11.1. The first-order chi connectivity index (χ1) is 8.97. The predicted molar refractivity (Wildman–Crippen MR) is 76.8 cm³/mol. The largest absolute Gasteiger partial charge is 0.384 e. The van der Waals surface area contributed by atoms with Gasteiger partial charge in [-0.2, -0.15) is 0 Å². The Morgan fingerprint density at radius 1 is 1.37 bits per heavy atom. The SMILES string of the molecule is CC(CNc1ccc(S(N)(=O)=O)cc1)c1nccs1. The fourth-order valence-corrected chi connectivity index (χ4v) is 2.81. The smallest absolute Gasteiger partial charge is 0.238 e. The van der Waals surface area contributed by atoms with E-state index in [0.29, 0.717) is 5.92 Å². The van der Waals surface area contributed by atoms with Crippen molar-refractivity contribution in [1.29, 1.82) is 0 Å². The lowest BCUT2D eigenvalue weighted by Crippen LogP contribution is -2.12. The highest BCUT2D eigenvalue weighted by Gasteiger charge is 2.09. The molecule has 1 atom stereocenters. The van der Waals surface area contributed by atoms with Crippen LogP contribution in [-0.4, -0.2) is 19.9 Å². The number of thiazole rings is 1. The molecule has 0 fully saturated rings. The molecule has 5 nitrogen and oxygen atoms in total. The molecule has 0 spiro atoms. The number of hydrogen-bond donors (Lipinski definition) is 2. The van der Waals surface area contributed by atoms with E-state index in [0.717, 1.165) is 17.2 Å². The standard InChI is InChI=1S/C12H15N3O2S2/c1-9(12-14-6-7-18-12)8-15-10-2-4-11(5-3-10)19(13,16)17/h2-7,9,15H,8H2,1H3,(H2,13,16,17). The molecule has 1 unspecified atom stereocenters. The lowest BCUT2D eigenvalue weighted by atomic mass is 10.2. The van der Waals surface area contributed by atoms with E-state index in [1.807, 2.05) is 5.38 Å². The molecule has 1 aromatic heterocycles. The molecule has 3 N–H and O–H groups in total. The van der Waals surface area contributed by atoms with Gasteiger partial charge in [-0.1, -0.05) is 6.92 Å². The van der Waals surface area contributed by atoms with E-state index in [2.05, 4.69) is 17.2 Å². The Balaban J connectivity index is 1.97. The van der Waals surface area contributed by atoms with E-state index < -0.39 is 10.0 Å². The molecule has 19 heavy (non-hydrogen) atoms. The predicted octanol–water partition coefficient (Wildman–Crippen LogP) is 2.01. The normalized spacial score (nSPS) is 13.2. The maximum atomic E-state index is 11.1. The Morgan fingerprint density at radius 3 is 2.58 bits per heavy atom. The third-order valence-electron chi connectivity index (χ3n) is 2.67. The molecule has 2 rings (SSSR count). The van der Waals surface area contributed by atoms with Gasteiger partial charge in [-0.25, -0.2) is 18.5 Å². The molecular formula is C12H15N3O2S2. The molecule has 0 amide bonds. The van der Waals surface area contributed by atoms with Crippen molar-refractivity contribution < 1.29 is 8.42 Å². The number of nitrogens with one attached hydrogen (secondary N) is 1. The number of aromatic nitrogens is 1. The highest BCUT2D eigenvalue weighted by molar-refractivity contribution is 7.89. The van der Waals surface area contributed by atoms with Crippen molar-refractivity contribution in [2.45, 2.75) is 17.7 Å². The molecular weight excluding hydrogens is 282 g/mol. The monoisotopic (exact) mass is 297 g/mol. The van der Waals surface area contributed by atoms with Gasteiger partial charge in [-0.15, -0.1) is 11.3 Å². The number of nitrogens with zero attached hydrogens (tertiary/aromatic N) is 1. The Kier molecular flexibility index (Phi) is 4.18. The number of sulfonamides is 1. The Hall–Kier alpha value is -1.44. The highest BCUT2D eigenvalue weighted by Crippen LogP contribution is 2.19. The number of anilines is 1. The van der Waals surface area contributed by atoms with Gasteiger partial charge in [0, 0.05) is 29.7 Å². The van der Waals surface area contributed by atoms with E-state index in [1.165, 1.54) is 12.1 Å². The first-order valence-electron chi connectivity index (χ1n) is 5.73. The van der Waals surface area contributed by atoms with Crippen LogP contribution in [0.2, 0.25) is 0 Å². The van der Waals surface area contributed by atoms with Gasteiger partial charge in [0.25, 0.3) is 0 Å². The van der Waals surface area contributed by atoms with E-state index in [9.17, 15) is 8.42 Å². The number of rotatable bonds is 5. The van der Waals surface area contributed by atoms with Gasteiger partial charge in [-0.3, -0.25) is 0 Å². The van der Waals surface area contributed by atoms with Gasteiger partial charge in [0.05, 0.1) is 9.90 Å². The second-order valence-electron chi connectivity index (χ2n) is 4.22. The zero-order valence-corrected chi connectivity index (χ0v) is 12.0. The summed E-state index contributed by atoms with van der Waals surface area (Å²) in [5.74, 6) is 0.304. The Bertz CT molecular complexity index is 622. The van der Waals surface area contributed by atoms with Crippen LogP contribution in [-0.2, 0) is 10.0 Å². The van der Waals surface area contributed by atoms with Crippen LogP contribution in [0.15, 0.2) is 40.7 Å². The molecule has 0 saturated carbocycles. The second kappa shape index (κ2) is 5.68. The topological polar surface area (TPSA) is 85.1 Å². The summed E-state index contributed by atoms with van der Waals surface area (Å²) in [5, 5.41) is 11.3. The van der Waals surface area contributed by atoms with Gasteiger partial charge in [-0.05, 0) is 24.3 Å². The quantitative estimate of drug-likeness (QED) is 0.884. The molecule has 1 aromatic carbocycles. The van der Waals surface area contributed by atoms with E-state index in [4.69, 9.17) is 5.14 Å². The minimum Gasteiger partial charge on any atom is -0.384 e. The van der Waals surface area contributed by atoms with Crippen LogP contribution in [0, 0.1) is 0 Å². The molecule has 7 heteroatoms. The summed E-state index contributed by atoms with van der Waals surface area (Å²) in [7, 11) is -3.62. The Labute approximate surface area is 116 Å². The highest BCUT2D eigenvalue weighted by atomic mass is 32.2. The van der Waals surface area contributed by atoms with Crippen molar-refractivity contribution in [2.75, 3.05) is 11.9 Å². The van der Waals surface area contributed by atoms with Crippen LogP contribution in [0.3, 0.4) is 0 Å². The summed E-state index contributed by atoms with van der Waals surface area (Å²) in [5.41, 5.74) is 0.857. The molecule has 0 aliphatic carbocycles. The van der Waals surface area contributed by atoms with Crippen LogP contribution in [0.4, 0.5) is 5.69 Å². The van der Waals surface area contributed by atoms with Crippen molar-refractivity contribution in [2.24, 2.45) is 5.14 Å². The average molecular weight is 297 g/mol. The Morgan fingerprint density at radius 2 is 2.05 bits per heavy atom. The summed E-state index contributed by atoms with van der Waals surface area (Å²) in [4.78, 5) is 4.37. The molecule has 0 aliphatic heterocycles. The molecule has 1 heterocycles. The van der Waals surface area contributed by atoms with Crippen molar-refractivity contribution in [1.82, 2.24) is 4.98 Å².